The third-order valence-electron chi connectivity index (χ3n) is 3.89. The first kappa shape index (κ1) is 17.0. The molecule has 6 heteroatoms. The molecule has 0 radical (unpaired) electrons. The highest BCUT2D eigenvalue weighted by Gasteiger charge is 2.20. The molecule has 0 fully saturated rings. The number of carbonyl (C=O) groups is 1. The standard InChI is InChI=1S/C19H22N2O4/c1-23-15-6-4-5-14(11-15)9-10-20-19(22)21-12-16-13-24-17-7-2-3-8-18(17)25-16/h2-8,11,16H,9-10,12-13H2,1H3,(H2,20,21,22). The molecular formula is C19H22N2O4. The number of fused-ring (bicyclic) bond motifs is 1. The lowest BCUT2D eigenvalue weighted by Gasteiger charge is -2.26. The van der Waals surface area contributed by atoms with E-state index in [1.165, 1.54) is 0 Å². The molecule has 0 spiro atoms. The molecular weight excluding hydrogens is 320 g/mol. The van der Waals surface area contributed by atoms with Gasteiger partial charge in [-0.15, -0.1) is 0 Å². The Morgan fingerprint density at radius 3 is 2.84 bits per heavy atom. The zero-order valence-corrected chi connectivity index (χ0v) is 14.2. The number of nitrogens with one attached hydrogen (secondary N) is 2. The third kappa shape index (κ3) is 4.79. The van der Waals surface area contributed by atoms with E-state index >= 15 is 0 Å². The molecule has 1 heterocycles. The Hall–Kier alpha value is -2.89. The van der Waals surface area contributed by atoms with Crippen LogP contribution >= 0.6 is 0 Å². The van der Waals surface area contributed by atoms with E-state index in [4.69, 9.17) is 14.2 Å². The van der Waals surface area contributed by atoms with Gasteiger partial charge in [-0.1, -0.05) is 24.3 Å². The van der Waals surface area contributed by atoms with Crippen molar-refractivity contribution in [3.05, 3.63) is 54.1 Å². The van der Waals surface area contributed by atoms with Crippen molar-refractivity contribution in [1.29, 1.82) is 0 Å². The van der Waals surface area contributed by atoms with Crippen molar-refractivity contribution < 1.29 is 19.0 Å². The highest BCUT2D eigenvalue weighted by Crippen LogP contribution is 2.30. The van der Waals surface area contributed by atoms with Crippen LogP contribution in [-0.2, 0) is 6.42 Å². The van der Waals surface area contributed by atoms with Crippen LogP contribution in [-0.4, -0.2) is 38.9 Å². The summed E-state index contributed by atoms with van der Waals surface area (Å²) in [6, 6.07) is 15.1. The molecule has 0 aromatic heterocycles. The Kier molecular flexibility index (Phi) is 5.61. The first-order valence-electron chi connectivity index (χ1n) is 8.27. The van der Waals surface area contributed by atoms with Gasteiger partial charge < -0.3 is 24.8 Å². The second-order valence-corrected chi connectivity index (χ2v) is 5.74. The van der Waals surface area contributed by atoms with Crippen LogP contribution in [0.25, 0.3) is 0 Å². The minimum Gasteiger partial charge on any atom is -0.497 e. The predicted octanol–water partition coefficient (Wildman–Crippen LogP) is 2.38. The molecule has 132 valence electrons. The number of amides is 2. The van der Waals surface area contributed by atoms with Gasteiger partial charge in [0.2, 0.25) is 0 Å². The van der Waals surface area contributed by atoms with E-state index in [9.17, 15) is 4.79 Å². The fourth-order valence-electron chi connectivity index (χ4n) is 2.58. The lowest BCUT2D eigenvalue weighted by molar-refractivity contribution is 0.0918. The lowest BCUT2D eigenvalue weighted by atomic mass is 10.1. The molecule has 3 rings (SSSR count). The number of hydrogen-bond acceptors (Lipinski definition) is 4. The predicted molar refractivity (Wildman–Crippen MR) is 94.5 cm³/mol. The molecule has 0 saturated carbocycles. The van der Waals surface area contributed by atoms with E-state index in [2.05, 4.69) is 10.6 Å². The van der Waals surface area contributed by atoms with Gasteiger partial charge in [-0.2, -0.15) is 0 Å². The van der Waals surface area contributed by atoms with Gasteiger partial charge in [0.15, 0.2) is 17.6 Å². The summed E-state index contributed by atoms with van der Waals surface area (Å²) < 4.78 is 16.6. The number of urea groups is 1. The third-order valence-corrected chi connectivity index (χ3v) is 3.89. The lowest BCUT2D eigenvalue weighted by Crippen LogP contribution is -2.44. The average molecular weight is 342 g/mol. The summed E-state index contributed by atoms with van der Waals surface area (Å²) in [6.07, 6.45) is 0.542. The Bertz CT molecular complexity index is 720. The number of rotatable bonds is 6. The van der Waals surface area contributed by atoms with Crippen molar-refractivity contribution in [3.63, 3.8) is 0 Å². The van der Waals surface area contributed by atoms with Crippen LogP contribution in [0.1, 0.15) is 5.56 Å². The van der Waals surface area contributed by atoms with E-state index in [-0.39, 0.29) is 12.1 Å². The molecule has 0 bridgehead atoms. The van der Waals surface area contributed by atoms with Crippen molar-refractivity contribution in [3.8, 4) is 17.2 Å². The Morgan fingerprint density at radius 2 is 2.00 bits per heavy atom. The monoisotopic (exact) mass is 342 g/mol. The van der Waals surface area contributed by atoms with Crippen LogP contribution in [0.2, 0.25) is 0 Å². The van der Waals surface area contributed by atoms with Crippen molar-refractivity contribution >= 4 is 6.03 Å². The van der Waals surface area contributed by atoms with Crippen LogP contribution in [0.4, 0.5) is 4.79 Å². The van der Waals surface area contributed by atoms with Crippen molar-refractivity contribution in [2.24, 2.45) is 0 Å². The van der Waals surface area contributed by atoms with Gasteiger partial charge in [0.05, 0.1) is 13.7 Å². The Morgan fingerprint density at radius 1 is 1.16 bits per heavy atom. The highest BCUT2D eigenvalue weighted by molar-refractivity contribution is 5.73. The van der Waals surface area contributed by atoms with Crippen LogP contribution in [0.3, 0.4) is 0 Å². The molecule has 6 nitrogen and oxygen atoms in total. The molecule has 2 amide bonds. The normalized spacial score (nSPS) is 15.3. The van der Waals surface area contributed by atoms with E-state index in [0.29, 0.717) is 25.4 Å². The maximum absolute atomic E-state index is 11.9. The SMILES string of the molecule is COc1cccc(CCNC(=O)NCC2COc3ccccc3O2)c1. The summed E-state index contributed by atoms with van der Waals surface area (Å²) >= 11 is 0. The number of hydrogen-bond donors (Lipinski definition) is 2. The summed E-state index contributed by atoms with van der Waals surface area (Å²) in [5.41, 5.74) is 1.11. The summed E-state index contributed by atoms with van der Waals surface area (Å²) in [4.78, 5) is 11.9. The van der Waals surface area contributed by atoms with Crippen LogP contribution in [0.5, 0.6) is 17.2 Å². The molecule has 0 aliphatic carbocycles. The largest absolute Gasteiger partial charge is 0.497 e. The highest BCUT2D eigenvalue weighted by atomic mass is 16.6. The fraction of sp³-hybridized carbons (Fsp3) is 0.316. The molecule has 2 aromatic rings. The molecule has 1 aliphatic heterocycles. The molecule has 1 unspecified atom stereocenters. The zero-order valence-electron chi connectivity index (χ0n) is 14.2. The fourth-order valence-corrected chi connectivity index (χ4v) is 2.58. The number of carbonyl (C=O) groups excluding carboxylic acids is 1. The number of ether oxygens (including phenoxy) is 3. The van der Waals surface area contributed by atoms with Gasteiger partial charge in [0.1, 0.15) is 12.4 Å². The van der Waals surface area contributed by atoms with Crippen LogP contribution in [0.15, 0.2) is 48.5 Å². The van der Waals surface area contributed by atoms with Gasteiger partial charge in [0, 0.05) is 6.54 Å². The van der Waals surface area contributed by atoms with Crippen LogP contribution < -0.4 is 24.8 Å². The minimum absolute atomic E-state index is 0.195. The smallest absolute Gasteiger partial charge is 0.314 e. The first-order valence-corrected chi connectivity index (χ1v) is 8.27. The van der Waals surface area contributed by atoms with Gasteiger partial charge in [-0.25, -0.2) is 4.79 Å². The maximum atomic E-state index is 11.9. The Balaban J connectivity index is 1.37. The quantitative estimate of drug-likeness (QED) is 0.846. The molecule has 1 atom stereocenters. The van der Waals surface area contributed by atoms with E-state index in [0.717, 1.165) is 23.5 Å². The van der Waals surface area contributed by atoms with Gasteiger partial charge in [-0.05, 0) is 36.2 Å². The summed E-state index contributed by atoms with van der Waals surface area (Å²) in [5, 5.41) is 5.65. The van der Waals surface area contributed by atoms with Gasteiger partial charge in [-0.3, -0.25) is 0 Å². The van der Waals surface area contributed by atoms with Crippen molar-refractivity contribution in [1.82, 2.24) is 10.6 Å². The molecule has 0 saturated heterocycles. The number of para-hydroxylation sites is 2. The molecule has 25 heavy (non-hydrogen) atoms. The van der Waals surface area contributed by atoms with Crippen molar-refractivity contribution in [2.75, 3.05) is 26.8 Å². The molecule has 1 aliphatic rings. The number of benzene rings is 2. The van der Waals surface area contributed by atoms with E-state index in [1.807, 2.05) is 48.5 Å². The van der Waals surface area contributed by atoms with Gasteiger partial charge in [0.25, 0.3) is 0 Å². The minimum atomic E-state index is -0.217. The van der Waals surface area contributed by atoms with Crippen molar-refractivity contribution in [2.45, 2.75) is 12.5 Å². The second-order valence-electron chi connectivity index (χ2n) is 5.74. The average Bonchev–Trinajstić information content (AvgIpc) is 2.66. The summed E-state index contributed by atoms with van der Waals surface area (Å²) in [7, 11) is 1.64. The second kappa shape index (κ2) is 8.28. The van der Waals surface area contributed by atoms with Gasteiger partial charge >= 0.3 is 6.03 Å². The first-order chi connectivity index (χ1) is 12.2. The van der Waals surface area contributed by atoms with E-state index < -0.39 is 0 Å². The maximum Gasteiger partial charge on any atom is 0.314 e. The molecule has 2 aromatic carbocycles. The summed E-state index contributed by atoms with van der Waals surface area (Å²) in [5.74, 6) is 2.26. The number of methoxy groups -OCH3 is 1. The zero-order chi connectivity index (χ0) is 17.5. The topological polar surface area (TPSA) is 68.8 Å². The Labute approximate surface area is 147 Å². The molecule has 2 N–H and O–H groups in total. The summed E-state index contributed by atoms with van der Waals surface area (Å²) in [6.45, 7) is 1.35. The van der Waals surface area contributed by atoms with Crippen LogP contribution in [0, 0.1) is 0 Å². The van der Waals surface area contributed by atoms with E-state index in [1.54, 1.807) is 7.11 Å².